The summed E-state index contributed by atoms with van der Waals surface area (Å²) in [5.41, 5.74) is 0.213. The number of halogens is 1. The van der Waals surface area contributed by atoms with Gasteiger partial charge in [-0.25, -0.2) is 14.2 Å². The van der Waals surface area contributed by atoms with Crippen LogP contribution in [0.4, 0.5) is 9.18 Å². The lowest BCUT2D eigenvalue weighted by Crippen LogP contribution is -2.47. The van der Waals surface area contributed by atoms with Gasteiger partial charge in [0.05, 0.1) is 35.0 Å². The topological polar surface area (TPSA) is 88.3 Å². The highest BCUT2D eigenvalue weighted by atomic mass is 19.1. The van der Waals surface area contributed by atoms with Gasteiger partial charge in [0.15, 0.2) is 0 Å². The van der Waals surface area contributed by atoms with Crippen LogP contribution in [0.25, 0.3) is 16.6 Å². The molecule has 1 atom stereocenters. The minimum Gasteiger partial charge on any atom is -0.465 e. The first-order valence-electron chi connectivity index (χ1n) is 9.18. The summed E-state index contributed by atoms with van der Waals surface area (Å²) < 4.78 is 15.1. The van der Waals surface area contributed by atoms with Crippen molar-refractivity contribution in [2.75, 3.05) is 0 Å². The van der Waals surface area contributed by atoms with Gasteiger partial charge in [0.25, 0.3) is 5.56 Å². The van der Waals surface area contributed by atoms with Crippen molar-refractivity contribution >= 4 is 17.0 Å². The predicted molar refractivity (Wildman–Crippen MR) is 108 cm³/mol. The second kappa shape index (κ2) is 7.27. The number of nitrogens with zero attached hydrogens (tertiary/aromatic N) is 4. The third kappa shape index (κ3) is 3.70. The lowest BCUT2D eigenvalue weighted by atomic mass is 10.0. The molecule has 1 N–H and O–H groups in total. The largest absolute Gasteiger partial charge is 0.465 e. The first-order chi connectivity index (χ1) is 13.5. The summed E-state index contributed by atoms with van der Waals surface area (Å²) in [6.45, 7) is 8.73. The molecule has 1 amide bonds. The van der Waals surface area contributed by atoms with E-state index in [-0.39, 0.29) is 11.5 Å². The number of aromatic nitrogens is 3. The molecule has 0 spiro atoms. The summed E-state index contributed by atoms with van der Waals surface area (Å²) in [6, 6.07) is 5.68. The zero-order valence-electron chi connectivity index (χ0n) is 17.0. The van der Waals surface area contributed by atoms with Gasteiger partial charge in [-0.15, -0.1) is 0 Å². The van der Waals surface area contributed by atoms with Crippen molar-refractivity contribution in [2.24, 2.45) is 0 Å². The Balaban J connectivity index is 2.41. The molecule has 152 valence electrons. The lowest BCUT2D eigenvalue weighted by Gasteiger charge is -2.38. The maximum Gasteiger partial charge on any atom is 0.408 e. The Morgan fingerprint density at radius 3 is 2.55 bits per heavy atom. The van der Waals surface area contributed by atoms with Crippen LogP contribution >= 0.6 is 0 Å². The van der Waals surface area contributed by atoms with Gasteiger partial charge in [0.2, 0.25) is 0 Å². The molecule has 2 heterocycles. The first-order valence-corrected chi connectivity index (χ1v) is 9.18. The van der Waals surface area contributed by atoms with Crippen LogP contribution in [-0.4, -0.2) is 36.2 Å². The van der Waals surface area contributed by atoms with E-state index in [1.165, 1.54) is 21.7 Å². The van der Waals surface area contributed by atoms with E-state index in [0.29, 0.717) is 10.9 Å². The summed E-state index contributed by atoms with van der Waals surface area (Å²) in [5.74, 6) is -0.415. The van der Waals surface area contributed by atoms with E-state index in [2.05, 4.69) is 9.97 Å². The highest BCUT2D eigenvalue weighted by molar-refractivity contribution is 5.81. The second-order valence-electron chi connectivity index (χ2n) is 7.94. The van der Waals surface area contributed by atoms with Crippen molar-refractivity contribution in [3.8, 4) is 5.69 Å². The van der Waals surface area contributed by atoms with Crippen LogP contribution in [0.1, 0.15) is 45.1 Å². The molecule has 3 aromatic rings. The fourth-order valence-corrected chi connectivity index (χ4v) is 3.61. The van der Waals surface area contributed by atoms with Crippen molar-refractivity contribution in [3.05, 3.63) is 64.2 Å². The molecule has 7 nitrogen and oxygen atoms in total. The molecule has 2 aromatic heterocycles. The Hall–Kier alpha value is -3.29. The summed E-state index contributed by atoms with van der Waals surface area (Å²) in [5, 5.41) is 10.2. The highest BCUT2D eigenvalue weighted by Crippen LogP contribution is 2.29. The van der Waals surface area contributed by atoms with Gasteiger partial charge < -0.3 is 5.11 Å². The van der Waals surface area contributed by atoms with E-state index in [4.69, 9.17) is 0 Å². The van der Waals surface area contributed by atoms with E-state index >= 15 is 0 Å². The molecule has 0 radical (unpaired) electrons. The summed E-state index contributed by atoms with van der Waals surface area (Å²) in [7, 11) is 0. The van der Waals surface area contributed by atoms with Crippen LogP contribution in [0.3, 0.4) is 0 Å². The van der Waals surface area contributed by atoms with Gasteiger partial charge >= 0.3 is 6.09 Å². The van der Waals surface area contributed by atoms with E-state index in [9.17, 15) is 19.1 Å². The number of aryl methyl sites for hydroxylation is 1. The normalized spacial score (nSPS) is 12.8. The average Bonchev–Trinajstić information content (AvgIpc) is 2.59. The molecule has 1 aromatic carbocycles. The maximum atomic E-state index is 13.9. The van der Waals surface area contributed by atoms with Crippen LogP contribution in [0.5, 0.6) is 0 Å². The Kier molecular flexibility index (Phi) is 5.13. The van der Waals surface area contributed by atoms with Crippen LogP contribution < -0.4 is 5.56 Å². The van der Waals surface area contributed by atoms with E-state index in [1.54, 1.807) is 52.8 Å². The highest BCUT2D eigenvalue weighted by Gasteiger charge is 2.34. The first kappa shape index (κ1) is 20.4. The molecule has 0 fully saturated rings. The zero-order valence-corrected chi connectivity index (χ0v) is 17.0. The molecule has 0 bridgehead atoms. The van der Waals surface area contributed by atoms with E-state index < -0.39 is 29.1 Å². The molecular formula is C21H23FN4O3. The Labute approximate surface area is 167 Å². The molecule has 0 saturated heterocycles. The SMILES string of the molecule is Cc1cccc2nc([C@H](C)N(C(=O)O)C(C)(C)C)n(-c3cncc(F)c3)c(=O)c12. The van der Waals surface area contributed by atoms with Crippen molar-refractivity contribution in [2.45, 2.75) is 46.2 Å². The van der Waals surface area contributed by atoms with Gasteiger partial charge in [-0.05, 0) is 46.2 Å². The number of pyridine rings is 1. The number of hydrogen-bond acceptors (Lipinski definition) is 4. The quantitative estimate of drug-likeness (QED) is 0.719. The average molecular weight is 398 g/mol. The van der Waals surface area contributed by atoms with Gasteiger partial charge in [-0.3, -0.25) is 19.2 Å². The molecule has 29 heavy (non-hydrogen) atoms. The smallest absolute Gasteiger partial charge is 0.408 e. The number of hydrogen-bond donors (Lipinski definition) is 1. The third-order valence-electron chi connectivity index (χ3n) is 4.77. The number of carbonyl (C=O) groups is 1. The molecule has 0 aliphatic heterocycles. The van der Waals surface area contributed by atoms with Crippen molar-refractivity contribution in [1.82, 2.24) is 19.4 Å². The molecule has 0 aliphatic rings. The van der Waals surface area contributed by atoms with Crippen molar-refractivity contribution < 1.29 is 14.3 Å². The van der Waals surface area contributed by atoms with Crippen molar-refractivity contribution in [1.29, 1.82) is 0 Å². The summed E-state index contributed by atoms with van der Waals surface area (Å²) >= 11 is 0. The minimum absolute atomic E-state index is 0.189. The fourth-order valence-electron chi connectivity index (χ4n) is 3.61. The Morgan fingerprint density at radius 1 is 1.28 bits per heavy atom. The minimum atomic E-state index is -1.15. The van der Waals surface area contributed by atoms with Crippen LogP contribution in [0.15, 0.2) is 41.5 Å². The number of rotatable bonds is 3. The monoisotopic (exact) mass is 398 g/mol. The standard InChI is InChI=1S/C21H23FN4O3/c1-12-7-6-8-16-17(12)19(27)25(15-9-14(22)10-23-11-15)18(24-16)13(2)26(20(28)29)21(3,4)5/h6-11,13H,1-5H3,(H,28,29)/t13-/m0/s1. The number of carboxylic acid groups (broad SMARTS) is 1. The molecule has 8 heteroatoms. The Morgan fingerprint density at radius 2 is 1.97 bits per heavy atom. The van der Waals surface area contributed by atoms with Crippen LogP contribution in [-0.2, 0) is 0 Å². The van der Waals surface area contributed by atoms with Gasteiger partial charge in [-0.2, -0.15) is 0 Å². The number of amides is 1. The molecular weight excluding hydrogens is 375 g/mol. The molecule has 0 unspecified atom stereocenters. The fraction of sp³-hybridized carbons (Fsp3) is 0.333. The predicted octanol–water partition coefficient (Wildman–Crippen LogP) is 4.07. The number of benzene rings is 1. The zero-order chi connectivity index (χ0) is 21.5. The van der Waals surface area contributed by atoms with Crippen molar-refractivity contribution in [3.63, 3.8) is 0 Å². The van der Waals surface area contributed by atoms with Crippen LogP contribution in [0.2, 0.25) is 0 Å². The maximum absolute atomic E-state index is 13.9. The van der Waals surface area contributed by atoms with Gasteiger partial charge in [-0.1, -0.05) is 12.1 Å². The summed E-state index contributed by atoms with van der Waals surface area (Å²) in [4.78, 5) is 35.1. The van der Waals surface area contributed by atoms with Gasteiger partial charge in [0, 0.05) is 11.6 Å². The molecule has 0 saturated carbocycles. The number of fused-ring (bicyclic) bond motifs is 1. The van der Waals surface area contributed by atoms with Gasteiger partial charge in [0.1, 0.15) is 11.6 Å². The van der Waals surface area contributed by atoms with E-state index in [1.807, 2.05) is 0 Å². The second-order valence-corrected chi connectivity index (χ2v) is 7.94. The van der Waals surface area contributed by atoms with E-state index in [0.717, 1.165) is 11.8 Å². The molecule has 3 rings (SSSR count). The lowest BCUT2D eigenvalue weighted by molar-refractivity contribution is 0.0719. The molecule has 0 aliphatic carbocycles. The van der Waals surface area contributed by atoms with Crippen LogP contribution in [0, 0.1) is 12.7 Å². The third-order valence-corrected chi connectivity index (χ3v) is 4.77. The Bertz CT molecular complexity index is 1150. The summed E-state index contributed by atoms with van der Waals surface area (Å²) in [6.07, 6.45) is 1.25.